The maximum absolute atomic E-state index is 6.04. The van der Waals surface area contributed by atoms with E-state index in [-0.39, 0.29) is 24.0 Å². The van der Waals surface area contributed by atoms with Gasteiger partial charge in [0.2, 0.25) is 11.7 Å². The van der Waals surface area contributed by atoms with E-state index in [2.05, 4.69) is 30.7 Å². The monoisotopic (exact) mass is 558 g/mol. The molecular formula is C22H32ClIN6O. The lowest BCUT2D eigenvalue weighted by Crippen LogP contribution is -2.45. The molecule has 2 aliphatic rings. The summed E-state index contributed by atoms with van der Waals surface area (Å²) in [7, 11) is 1.81. The van der Waals surface area contributed by atoms with Crippen LogP contribution >= 0.6 is 35.6 Å². The fourth-order valence-electron chi connectivity index (χ4n) is 4.45. The molecule has 1 saturated heterocycles. The first-order valence-electron chi connectivity index (χ1n) is 11.0. The minimum Gasteiger partial charge on any atom is -0.356 e. The molecule has 1 aliphatic carbocycles. The Morgan fingerprint density at radius 1 is 1.29 bits per heavy atom. The Morgan fingerprint density at radius 2 is 2.13 bits per heavy atom. The van der Waals surface area contributed by atoms with Gasteiger partial charge >= 0.3 is 0 Å². The molecule has 1 atom stereocenters. The van der Waals surface area contributed by atoms with Crippen LogP contribution in [0.2, 0.25) is 5.02 Å². The molecule has 2 N–H and O–H groups in total. The van der Waals surface area contributed by atoms with Crippen molar-refractivity contribution in [3.05, 3.63) is 35.2 Å². The van der Waals surface area contributed by atoms with E-state index in [0.717, 1.165) is 24.0 Å². The highest BCUT2D eigenvalue weighted by atomic mass is 127. The van der Waals surface area contributed by atoms with E-state index in [9.17, 15) is 0 Å². The number of aliphatic imine (C=N–C) groups is 1. The van der Waals surface area contributed by atoms with Crippen molar-refractivity contribution in [1.29, 1.82) is 0 Å². The molecule has 0 amide bonds. The highest BCUT2D eigenvalue weighted by Gasteiger charge is 2.26. The highest BCUT2D eigenvalue weighted by Crippen LogP contribution is 2.26. The number of aromatic nitrogens is 2. The molecule has 1 aromatic heterocycles. The van der Waals surface area contributed by atoms with Crippen molar-refractivity contribution < 1.29 is 4.52 Å². The summed E-state index contributed by atoms with van der Waals surface area (Å²) < 4.78 is 5.37. The average molecular weight is 559 g/mol. The number of nitrogens with one attached hydrogen (secondary N) is 2. The van der Waals surface area contributed by atoms with E-state index < -0.39 is 0 Å². The van der Waals surface area contributed by atoms with Crippen molar-refractivity contribution in [3.8, 4) is 11.4 Å². The molecule has 1 unspecified atom stereocenters. The molecule has 2 heterocycles. The largest absolute Gasteiger partial charge is 0.356 e. The second-order valence-electron chi connectivity index (χ2n) is 8.31. The summed E-state index contributed by atoms with van der Waals surface area (Å²) in [6.07, 6.45) is 7.45. The third-order valence-corrected chi connectivity index (χ3v) is 6.25. The number of likely N-dealkylation sites (tertiary alicyclic amines) is 1. The molecular weight excluding hydrogens is 527 g/mol. The molecule has 9 heteroatoms. The number of halogens is 2. The summed E-state index contributed by atoms with van der Waals surface area (Å²) in [4.78, 5) is 11.4. The molecule has 170 valence electrons. The summed E-state index contributed by atoms with van der Waals surface area (Å²) >= 11 is 6.04. The van der Waals surface area contributed by atoms with Crippen molar-refractivity contribution in [3.63, 3.8) is 0 Å². The summed E-state index contributed by atoms with van der Waals surface area (Å²) in [5.74, 6) is 2.89. The van der Waals surface area contributed by atoms with E-state index in [1.54, 1.807) is 0 Å². The van der Waals surface area contributed by atoms with Crippen LogP contribution < -0.4 is 10.6 Å². The topological polar surface area (TPSA) is 78.6 Å². The Balaban J connectivity index is 0.00000272. The average Bonchev–Trinajstić information content (AvgIpc) is 3.50. The molecule has 0 spiro atoms. The zero-order chi connectivity index (χ0) is 20.8. The maximum Gasteiger partial charge on any atom is 0.228 e. The van der Waals surface area contributed by atoms with Gasteiger partial charge in [0.05, 0.1) is 0 Å². The van der Waals surface area contributed by atoms with Gasteiger partial charge in [0.1, 0.15) is 0 Å². The van der Waals surface area contributed by atoms with Crippen LogP contribution in [-0.4, -0.2) is 60.3 Å². The Hall–Kier alpha value is -1.39. The second-order valence-corrected chi connectivity index (χ2v) is 8.75. The molecule has 7 nitrogen and oxygen atoms in total. The fourth-order valence-corrected chi connectivity index (χ4v) is 4.64. The first kappa shape index (κ1) is 24.3. The minimum atomic E-state index is 0. The van der Waals surface area contributed by atoms with Gasteiger partial charge in [-0.05, 0) is 37.3 Å². The number of hydrogen-bond donors (Lipinski definition) is 2. The van der Waals surface area contributed by atoms with Gasteiger partial charge in [-0.25, -0.2) is 0 Å². The Kier molecular flexibility index (Phi) is 9.40. The van der Waals surface area contributed by atoms with Gasteiger partial charge in [-0.15, -0.1) is 24.0 Å². The maximum atomic E-state index is 6.04. The second kappa shape index (κ2) is 12.0. The molecule has 1 saturated carbocycles. The fraction of sp³-hybridized carbons (Fsp3) is 0.591. The predicted molar refractivity (Wildman–Crippen MR) is 135 cm³/mol. The van der Waals surface area contributed by atoms with Crippen molar-refractivity contribution >= 4 is 41.5 Å². The molecule has 2 fully saturated rings. The van der Waals surface area contributed by atoms with Crippen LogP contribution in [0.3, 0.4) is 0 Å². The van der Waals surface area contributed by atoms with Gasteiger partial charge < -0.3 is 20.1 Å². The first-order valence-corrected chi connectivity index (χ1v) is 11.4. The van der Waals surface area contributed by atoms with Gasteiger partial charge in [-0.1, -0.05) is 41.7 Å². The lowest BCUT2D eigenvalue weighted by Gasteiger charge is -2.21. The molecule has 1 aromatic carbocycles. The van der Waals surface area contributed by atoms with Crippen molar-refractivity contribution in [2.75, 3.05) is 33.2 Å². The van der Waals surface area contributed by atoms with Gasteiger partial charge in [0, 0.05) is 56.3 Å². The Morgan fingerprint density at radius 3 is 2.90 bits per heavy atom. The summed E-state index contributed by atoms with van der Waals surface area (Å²) in [5, 5.41) is 11.6. The Bertz CT molecular complexity index is 854. The zero-order valence-electron chi connectivity index (χ0n) is 18.0. The predicted octanol–water partition coefficient (Wildman–Crippen LogP) is 3.98. The van der Waals surface area contributed by atoms with Crippen molar-refractivity contribution in [1.82, 2.24) is 25.7 Å². The number of rotatable bonds is 7. The van der Waals surface area contributed by atoms with Crippen LogP contribution in [0.15, 0.2) is 33.8 Å². The van der Waals surface area contributed by atoms with E-state index >= 15 is 0 Å². The Labute approximate surface area is 206 Å². The summed E-state index contributed by atoms with van der Waals surface area (Å²) in [5.41, 5.74) is 0.853. The normalized spacial score (nSPS) is 20.1. The van der Waals surface area contributed by atoms with E-state index in [1.165, 1.54) is 45.2 Å². The molecule has 2 aromatic rings. The van der Waals surface area contributed by atoms with Gasteiger partial charge in [0.25, 0.3) is 0 Å². The van der Waals surface area contributed by atoms with E-state index in [4.69, 9.17) is 16.1 Å². The third-order valence-electron chi connectivity index (χ3n) is 6.01. The van der Waals surface area contributed by atoms with Gasteiger partial charge in [0.15, 0.2) is 5.96 Å². The SMILES string of the molecule is CN=C(NCCc1nc(-c2cccc(Cl)c2)no1)NC1CCN(CC2CCCC2)C1.I. The number of nitrogens with zero attached hydrogens (tertiary/aromatic N) is 4. The lowest BCUT2D eigenvalue weighted by molar-refractivity contribution is 0.275. The lowest BCUT2D eigenvalue weighted by atomic mass is 10.1. The molecule has 0 bridgehead atoms. The summed E-state index contributed by atoms with van der Waals surface area (Å²) in [6.45, 7) is 4.22. The highest BCUT2D eigenvalue weighted by molar-refractivity contribution is 14.0. The van der Waals surface area contributed by atoms with Gasteiger partial charge in [-0.2, -0.15) is 4.98 Å². The molecule has 0 radical (unpaired) electrons. The van der Waals surface area contributed by atoms with Crippen LogP contribution in [0.4, 0.5) is 0 Å². The van der Waals surface area contributed by atoms with Crippen LogP contribution in [0.25, 0.3) is 11.4 Å². The molecule has 4 rings (SSSR count). The van der Waals surface area contributed by atoms with Gasteiger partial charge in [-0.3, -0.25) is 4.99 Å². The van der Waals surface area contributed by atoms with Crippen LogP contribution in [0.1, 0.15) is 38.0 Å². The third kappa shape index (κ3) is 7.05. The number of hydrogen-bond acceptors (Lipinski definition) is 5. The summed E-state index contributed by atoms with van der Waals surface area (Å²) in [6, 6.07) is 7.91. The molecule has 31 heavy (non-hydrogen) atoms. The number of benzene rings is 1. The minimum absolute atomic E-state index is 0. The standard InChI is InChI=1S/C22H31ClN6O.HI/c1-24-22(26-19-10-12-29(15-19)14-16-5-2-3-6-16)25-11-9-20-27-21(28-30-20)17-7-4-8-18(23)13-17;/h4,7-8,13,16,19H,2-3,5-6,9-12,14-15H2,1H3,(H2,24,25,26);1H. The van der Waals surface area contributed by atoms with E-state index in [1.807, 2.05) is 31.3 Å². The van der Waals surface area contributed by atoms with Crippen molar-refractivity contribution in [2.45, 2.75) is 44.6 Å². The zero-order valence-corrected chi connectivity index (χ0v) is 21.1. The van der Waals surface area contributed by atoms with Crippen molar-refractivity contribution in [2.24, 2.45) is 10.9 Å². The van der Waals surface area contributed by atoms with E-state index in [0.29, 0.717) is 35.7 Å². The van der Waals surface area contributed by atoms with Crippen LogP contribution in [0, 0.1) is 5.92 Å². The molecule has 1 aliphatic heterocycles. The van der Waals surface area contributed by atoms with Crippen LogP contribution in [-0.2, 0) is 6.42 Å². The smallest absolute Gasteiger partial charge is 0.228 e. The van der Waals surface area contributed by atoms with Crippen LogP contribution in [0.5, 0.6) is 0 Å². The number of guanidine groups is 1. The first-order chi connectivity index (χ1) is 14.7. The quantitative estimate of drug-likeness (QED) is 0.304.